The van der Waals surface area contributed by atoms with Gasteiger partial charge in [-0.2, -0.15) is 0 Å². The molecule has 208 valence electrons. The van der Waals surface area contributed by atoms with E-state index in [9.17, 15) is 18.0 Å². The molecule has 0 aliphatic carbocycles. The van der Waals surface area contributed by atoms with Crippen LogP contribution in [0.4, 0.5) is 36.2 Å². The number of amides is 1. The van der Waals surface area contributed by atoms with Crippen molar-refractivity contribution in [3.63, 3.8) is 0 Å². The second-order valence-corrected chi connectivity index (χ2v) is 9.46. The molecule has 12 heteroatoms. The number of para-hydroxylation sites is 1. The molecular weight excluding hydrogens is 523 g/mol. The fraction of sp³-hybridized carbons (Fsp3) is 0.250. The van der Waals surface area contributed by atoms with Crippen molar-refractivity contribution in [2.24, 2.45) is 7.05 Å². The van der Waals surface area contributed by atoms with E-state index in [1.807, 2.05) is 54.0 Å². The summed E-state index contributed by atoms with van der Waals surface area (Å²) < 4.78 is 46.9. The molecule has 1 fully saturated rings. The largest absolute Gasteiger partial charge is 0.573 e. The first-order valence-corrected chi connectivity index (χ1v) is 12.6. The number of nitrogens with one attached hydrogen (secondary N) is 2. The van der Waals surface area contributed by atoms with Gasteiger partial charge in [0.15, 0.2) is 5.75 Å². The lowest BCUT2D eigenvalue weighted by atomic mass is 10.1. The normalized spacial score (nSPS) is 14.3. The molecule has 3 heterocycles. The van der Waals surface area contributed by atoms with Crippen molar-refractivity contribution in [1.29, 1.82) is 0 Å². The number of hydrogen-bond donors (Lipinski definition) is 2. The predicted molar refractivity (Wildman–Crippen MR) is 149 cm³/mol. The number of carbonyl (C=O) groups is 1. The van der Waals surface area contributed by atoms with Gasteiger partial charge in [-0.1, -0.05) is 24.8 Å². The summed E-state index contributed by atoms with van der Waals surface area (Å²) in [5.41, 5.74) is 3.08. The van der Waals surface area contributed by atoms with Gasteiger partial charge in [0.25, 0.3) is 0 Å². The molecular formula is C28H28F3N7O2. The summed E-state index contributed by atoms with van der Waals surface area (Å²) >= 11 is 0. The number of alkyl halides is 3. The van der Waals surface area contributed by atoms with Crippen molar-refractivity contribution in [3.8, 4) is 17.0 Å². The van der Waals surface area contributed by atoms with Crippen LogP contribution < -0.4 is 20.3 Å². The van der Waals surface area contributed by atoms with Gasteiger partial charge in [-0.15, -0.1) is 13.2 Å². The van der Waals surface area contributed by atoms with E-state index >= 15 is 0 Å². The molecule has 1 aliphatic heterocycles. The van der Waals surface area contributed by atoms with E-state index in [2.05, 4.69) is 36.8 Å². The molecule has 0 bridgehead atoms. The van der Waals surface area contributed by atoms with Crippen molar-refractivity contribution in [2.75, 3.05) is 48.8 Å². The number of benzene rings is 2. The zero-order chi connectivity index (χ0) is 28.4. The number of fused-ring (bicyclic) bond motifs is 1. The summed E-state index contributed by atoms with van der Waals surface area (Å²) in [6, 6.07) is 12.2. The van der Waals surface area contributed by atoms with Gasteiger partial charge < -0.3 is 29.7 Å². The number of aromatic nitrogens is 3. The highest BCUT2D eigenvalue weighted by molar-refractivity contribution is 6.02. The molecule has 0 spiro atoms. The van der Waals surface area contributed by atoms with Crippen LogP contribution in [0.1, 0.15) is 0 Å². The summed E-state index contributed by atoms with van der Waals surface area (Å²) in [5.74, 6) is -0.914. The van der Waals surface area contributed by atoms with Crippen LogP contribution in [0.25, 0.3) is 22.2 Å². The molecule has 0 atom stereocenters. The number of anilines is 4. The SMILES string of the molecule is C=CC(=O)Nc1cc(Nc2nccc(-c3cn(C)c4ccccc34)n2)c(OC(F)(F)F)cc1N1CCN(C)CC1. The fourth-order valence-corrected chi connectivity index (χ4v) is 4.70. The minimum atomic E-state index is -4.95. The third kappa shape index (κ3) is 5.86. The Labute approximate surface area is 228 Å². The van der Waals surface area contributed by atoms with E-state index in [1.165, 1.54) is 18.3 Å². The Morgan fingerprint density at radius 3 is 2.55 bits per heavy atom. The van der Waals surface area contributed by atoms with Crippen molar-refractivity contribution in [3.05, 3.63) is 67.5 Å². The van der Waals surface area contributed by atoms with Gasteiger partial charge in [0.05, 0.1) is 22.8 Å². The maximum absolute atomic E-state index is 13.5. The molecule has 4 aromatic rings. The van der Waals surface area contributed by atoms with E-state index in [4.69, 9.17) is 0 Å². The second-order valence-electron chi connectivity index (χ2n) is 9.46. The monoisotopic (exact) mass is 551 g/mol. The summed E-state index contributed by atoms with van der Waals surface area (Å²) in [6.45, 7) is 6.01. The number of rotatable bonds is 7. The van der Waals surface area contributed by atoms with Gasteiger partial charge in [-0.05, 0) is 31.3 Å². The van der Waals surface area contributed by atoms with Gasteiger partial charge in [-0.25, -0.2) is 9.97 Å². The molecule has 1 amide bonds. The highest BCUT2D eigenvalue weighted by atomic mass is 19.4. The van der Waals surface area contributed by atoms with E-state index in [-0.39, 0.29) is 11.6 Å². The lowest BCUT2D eigenvalue weighted by Gasteiger charge is -2.35. The van der Waals surface area contributed by atoms with Crippen molar-refractivity contribution >= 4 is 39.8 Å². The Morgan fingerprint density at radius 1 is 1.07 bits per heavy atom. The Balaban J connectivity index is 1.56. The quantitative estimate of drug-likeness (QED) is 0.307. The first-order chi connectivity index (χ1) is 19.1. The number of hydrogen-bond acceptors (Lipinski definition) is 7. The van der Waals surface area contributed by atoms with Crippen LogP contribution in [-0.2, 0) is 11.8 Å². The standard InChI is InChI=1S/C28H28F3N7O2/c1-4-26(39)33-21-15-22(25(40-28(29,30)31)16-24(21)38-13-11-36(2)12-14-38)35-27-32-10-9-20(34-27)19-17-37(3)23-8-6-5-7-18(19)23/h4-10,15-17H,1,11-14H2,2-3H3,(H,33,39)(H,32,34,35). The first kappa shape index (κ1) is 27.0. The molecule has 0 saturated carbocycles. The van der Waals surface area contributed by atoms with Crippen LogP contribution in [0.5, 0.6) is 5.75 Å². The molecule has 1 saturated heterocycles. The molecule has 2 N–H and O–H groups in total. The minimum Gasteiger partial charge on any atom is -0.403 e. The third-order valence-electron chi connectivity index (χ3n) is 6.69. The average Bonchev–Trinajstić information content (AvgIpc) is 3.26. The zero-order valence-electron chi connectivity index (χ0n) is 22.0. The second kappa shape index (κ2) is 10.9. The smallest absolute Gasteiger partial charge is 0.403 e. The molecule has 1 aliphatic rings. The van der Waals surface area contributed by atoms with Gasteiger partial charge in [0.1, 0.15) is 0 Å². The molecule has 2 aromatic carbocycles. The van der Waals surface area contributed by atoms with Crippen molar-refractivity contribution in [1.82, 2.24) is 19.4 Å². The first-order valence-electron chi connectivity index (χ1n) is 12.6. The zero-order valence-corrected chi connectivity index (χ0v) is 22.0. The Bertz CT molecular complexity index is 1560. The van der Waals surface area contributed by atoms with Gasteiger partial charge >= 0.3 is 6.36 Å². The van der Waals surface area contributed by atoms with Crippen molar-refractivity contribution < 1.29 is 22.7 Å². The van der Waals surface area contributed by atoms with E-state index < -0.39 is 18.0 Å². The Kier molecular flexibility index (Phi) is 7.35. The summed E-state index contributed by atoms with van der Waals surface area (Å²) in [6.07, 6.45) is -0.399. The van der Waals surface area contributed by atoms with Crippen molar-refractivity contribution in [2.45, 2.75) is 6.36 Å². The van der Waals surface area contributed by atoms with Gasteiger partial charge in [0, 0.05) is 68.2 Å². The maximum atomic E-state index is 13.5. The van der Waals surface area contributed by atoms with Gasteiger partial charge in [-0.3, -0.25) is 4.79 Å². The van der Waals surface area contributed by atoms with Gasteiger partial charge in [0.2, 0.25) is 11.9 Å². The fourth-order valence-electron chi connectivity index (χ4n) is 4.70. The van der Waals surface area contributed by atoms with Crippen LogP contribution in [0, 0.1) is 0 Å². The van der Waals surface area contributed by atoms with Crippen LogP contribution in [-0.4, -0.2) is 64.9 Å². The lowest BCUT2D eigenvalue weighted by Crippen LogP contribution is -2.44. The van der Waals surface area contributed by atoms with E-state index in [1.54, 1.807) is 6.07 Å². The summed E-state index contributed by atoms with van der Waals surface area (Å²) in [5, 5.41) is 6.56. The number of aryl methyl sites for hydroxylation is 1. The number of nitrogens with zero attached hydrogens (tertiary/aromatic N) is 5. The third-order valence-corrected chi connectivity index (χ3v) is 6.69. The number of ether oxygens (including phenoxy) is 1. The maximum Gasteiger partial charge on any atom is 0.573 e. The minimum absolute atomic E-state index is 0.0609. The number of piperazine rings is 1. The lowest BCUT2D eigenvalue weighted by molar-refractivity contribution is -0.274. The van der Waals surface area contributed by atoms with Crippen LogP contribution >= 0.6 is 0 Å². The highest BCUT2D eigenvalue weighted by Crippen LogP contribution is 2.41. The number of halogens is 3. The molecule has 40 heavy (non-hydrogen) atoms. The Morgan fingerprint density at radius 2 is 1.82 bits per heavy atom. The topological polar surface area (TPSA) is 87.5 Å². The molecule has 2 aromatic heterocycles. The van der Waals surface area contributed by atoms with E-state index in [0.29, 0.717) is 43.2 Å². The predicted octanol–water partition coefficient (Wildman–Crippen LogP) is 5.15. The molecule has 0 radical (unpaired) electrons. The molecule has 9 nitrogen and oxygen atoms in total. The van der Waals surface area contributed by atoms with Crippen LogP contribution in [0.2, 0.25) is 0 Å². The summed E-state index contributed by atoms with van der Waals surface area (Å²) in [7, 11) is 3.89. The Hall–Kier alpha value is -4.58. The average molecular weight is 552 g/mol. The summed E-state index contributed by atoms with van der Waals surface area (Å²) in [4.78, 5) is 25.1. The molecule has 0 unspecified atom stereocenters. The molecule has 5 rings (SSSR count). The van der Waals surface area contributed by atoms with Crippen LogP contribution in [0.15, 0.2) is 67.5 Å². The van der Waals surface area contributed by atoms with E-state index in [0.717, 1.165) is 22.5 Å². The highest BCUT2D eigenvalue weighted by Gasteiger charge is 2.33. The number of carbonyl (C=O) groups excluding carboxylic acids is 1. The number of likely N-dealkylation sites (N-methyl/N-ethyl adjacent to an activating group) is 1. The van der Waals surface area contributed by atoms with Crippen LogP contribution in [0.3, 0.4) is 0 Å².